The van der Waals surface area contributed by atoms with Crippen LogP contribution in [0.25, 0.3) is 0 Å². The molecule has 2 N–H and O–H groups in total. The van der Waals surface area contributed by atoms with Crippen LogP contribution >= 0.6 is 0 Å². The molecule has 1 aromatic carbocycles. The predicted octanol–water partition coefficient (Wildman–Crippen LogP) is 1.97. The maximum absolute atomic E-state index is 12.3. The summed E-state index contributed by atoms with van der Waals surface area (Å²) >= 11 is 0. The van der Waals surface area contributed by atoms with Gasteiger partial charge in [-0.25, -0.2) is 0 Å². The number of hydrogen-bond donors (Lipinski definition) is 2. The molecule has 0 heterocycles. The molecule has 1 aliphatic carbocycles. The number of carboxylic acids is 1. The highest BCUT2D eigenvalue weighted by molar-refractivity contribution is 5.95. The molecule has 1 saturated carbocycles. The predicted molar refractivity (Wildman–Crippen MR) is 85.1 cm³/mol. The van der Waals surface area contributed by atoms with Crippen LogP contribution in [-0.4, -0.2) is 47.1 Å². The summed E-state index contributed by atoms with van der Waals surface area (Å²) in [7, 11) is 0. The first-order valence-corrected chi connectivity index (χ1v) is 7.74. The van der Waals surface area contributed by atoms with Crippen molar-refractivity contribution < 1.29 is 14.7 Å². The lowest BCUT2D eigenvalue weighted by Gasteiger charge is -2.42. The highest BCUT2D eigenvalue weighted by Crippen LogP contribution is 2.26. The lowest BCUT2D eigenvalue weighted by atomic mass is 9.85. The minimum absolute atomic E-state index is 0.0396. The fourth-order valence-corrected chi connectivity index (χ4v) is 3.01. The molecule has 1 fully saturated rings. The fourth-order valence-electron chi connectivity index (χ4n) is 3.01. The topological polar surface area (TPSA) is 69.6 Å². The summed E-state index contributed by atoms with van der Waals surface area (Å²) in [6.07, 6.45) is 1.63. The first kappa shape index (κ1) is 16.5. The second-order valence-corrected chi connectivity index (χ2v) is 6.07. The number of rotatable bonds is 6. The lowest BCUT2D eigenvalue weighted by molar-refractivity contribution is -0.139. The number of likely N-dealkylation sites (N-methyl/N-ethyl adjacent to an activating group) is 1. The van der Waals surface area contributed by atoms with Gasteiger partial charge in [0.25, 0.3) is 5.91 Å². The van der Waals surface area contributed by atoms with Crippen molar-refractivity contribution in [2.24, 2.45) is 0 Å². The van der Waals surface area contributed by atoms with Crippen LogP contribution in [0.3, 0.4) is 0 Å². The number of benzene rings is 1. The van der Waals surface area contributed by atoms with E-state index in [9.17, 15) is 9.59 Å². The molecular weight excluding hydrogens is 280 g/mol. The van der Waals surface area contributed by atoms with Crippen LogP contribution < -0.4 is 5.32 Å². The molecule has 0 saturated heterocycles. The molecule has 0 radical (unpaired) electrons. The molecule has 1 aliphatic rings. The summed E-state index contributed by atoms with van der Waals surface area (Å²) in [5, 5.41) is 11.9. The third kappa shape index (κ3) is 3.85. The van der Waals surface area contributed by atoms with Crippen molar-refractivity contribution in [3.63, 3.8) is 0 Å². The first-order chi connectivity index (χ1) is 10.4. The van der Waals surface area contributed by atoms with Gasteiger partial charge >= 0.3 is 5.97 Å². The van der Waals surface area contributed by atoms with Gasteiger partial charge in [-0.1, -0.05) is 24.6 Å². The third-order valence-electron chi connectivity index (χ3n) is 4.34. The normalized spacial score (nSPS) is 20.5. The Morgan fingerprint density at radius 1 is 1.32 bits per heavy atom. The summed E-state index contributed by atoms with van der Waals surface area (Å²) in [6, 6.07) is 6.20. The number of hydrogen-bond acceptors (Lipinski definition) is 3. The van der Waals surface area contributed by atoms with E-state index in [0.29, 0.717) is 12.1 Å². The molecule has 0 aliphatic heterocycles. The van der Waals surface area contributed by atoms with E-state index in [1.165, 1.54) is 0 Å². The number of aryl methyl sites for hydroxylation is 2. The highest BCUT2D eigenvalue weighted by atomic mass is 16.4. The zero-order valence-electron chi connectivity index (χ0n) is 13.4. The van der Waals surface area contributed by atoms with Gasteiger partial charge in [-0.3, -0.25) is 14.5 Å². The molecule has 5 nitrogen and oxygen atoms in total. The van der Waals surface area contributed by atoms with Gasteiger partial charge in [0, 0.05) is 17.6 Å². The Morgan fingerprint density at radius 3 is 2.55 bits per heavy atom. The third-order valence-corrected chi connectivity index (χ3v) is 4.34. The second kappa shape index (κ2) is 6.92. The van der Waals surface area contributed by atoms with E-state index in [-0.39, 0.29) is 24.5 Å². The van der Waals surface area contributed by atoms with Gasteiger partial charge in [-0.15, -0.1) is 0 Å². The van der Waals surface area contributed by atoms with Crippen LogP contribution in [0.1, 0.15) is 41.3 Å². The van der Waals surface area contributed by atoms with Crippen molar-refractivity contribution in [2.45, 2.75) is 45.7 Å². The monoisotopic (exact) mass is 304 g/mol. The summed E-state index contributed by atoms with van der Waals surface area (Å²) in [5.41, 5.74) is 2.84. The summed E-state index contributed by atoms with van der Waals surface area (Å²) < 4.78 is 0. The molecule has 0 aromatic heterocycles. The summed E-state index contributed by atoms with van der Waals surface area (Å²) in [6.45, 7) is 6.70. The second-order valence-electron chi connectivity index (χ2n) is 6.07. The maximum atomic E-state index is 12.3. The molecule has 0 bridgehead atoms. The van der Waals surface area contributed by atoms with Gasteiger partial charge in [-0.2, -0.15) is 0 Å². The number of carbonyl (C=O) groups is 2. The molecule has 5 heteroatoms. The van der Waals surface area contributed by atoms with E-state index in [2.05, 4.69) is 5.32 Å². The van der Waals surface area contributed by atoms with Crippen molar-refractivity contribution in [1.82, 2.24) is 10.2 Å². The Kier molecular flexibility index (Phi) is 5.19. The van der Waals surface area contributed by atoms with E-state index in [1.54, 1.807) is 0 Å². The quantitative estimate of drug-likeness (QED) is 0.843. The number of carboxylic acid groups (broad SMARTS) is 1. The van der Waals surface area contributed by atoms with E-state index in [4.69, 9.17) is 5.11 Å². The van der Waals surface area contributed by atoms with Gasteiger partial charge in [0.2, 0.25) is 0 Å². The van der Waals surface area contributed by atoms with Crippen molar-refractivity contribution in [2.75, 3.05) is 13.1 Å². The number of nitrogens with one attached hydrogen (secondary N) is 1. The van der Waals surface area contributed by atoms with Crippen LogP contribution in [0.4, 0.5) is 0 Å². The van der Waals surface area contributed by atoms with Gasteiger partial charge in [0.05, 0.1) is 6.54 Å². The van der Waals surface area contributed by atoms with Gasteiger partial charge in [-0.05, 0) is 44.9 Å². The number of aliphatic carboxylic acids is 1. The van der Waals surface area contributed by atoms with Gasteiger partial charge in [0.1, 0.15) is 0 Å². The highest BCUT2D eigenvalue weighted by Gasteiger charge is 2.34. The smallest absolute Gasteiger partial charge is 0.317 e. The zero-order valence-corrected chi connectivity index (χ0v) is 13.4. The summed E-state index contributed by atoms with van der Waals surface area (Å²) in [5.74, 6) is -0.841. The van der Waals surface area contributed by atoms with E-state index < -0.39 is 5.97 Å². The van der Waals surface area contributed by atoms with Gasteiger partial charge < -0.3 is 10.4 Å². The van der Waals surface area contributed by atoms with Crippen LogP contribution in [0, 0.1) is 13.8 Å². The molecule has 22 heavy (non-hydrogen) atoms. The number of carbonyl (C=O) groups excluding carboxylic acids is 1. The summed E-state index contributed by atoms with van der Waals surface area (Å²) in [4.78, 5) is 25.0. The molecule has 2 rings (SSSR count). The molecular formula is C17H24N2O3. The Balaban J connectivity index is 1.86. The van der Waals surface area contributed by atoms with Crippen molar-refractivity contribution in [3.8, 4) is 0 Å². The first-order valence-electron chi connectivity index (χ1n) is 7.74. The van der Waals surface area contributed by atoms with Crippen molar-refractivity contribution >= 4 is 11.9 Å². The molecule has 1 aromatic rings. The van der Waals surface area contributed by atoms with E-state index in [0.717, 1.165) is 24.0 Å². The lowest BCUT2D eigenvalue weighted by Crippen LogP contribution is -2.54. The van der Waals surface area contributed by atoms with Crippen molar-refractivity contribution in [3.05, 3.63) is 34.9 Å². The minimum Gasteiger partial charge on any atom is -0.480 e. The Labute approximate surface area is 131 Å². The van der Waals surface area contributed by atoms with Crippen LogP contribution in [-0.2, 0) is 4.79 Å². The van der Waals surface area contributed by atoms with Gasteiger partial charge in [0.15, 0.2) is 0 Å². The minimum atomic E-state index is -0.801. The molecule has 0 spiro atoms. The Bertz CT molecular complexity index is 565. The largest absolute Gasteiger partial charge is 0.480 e. The van der Waals surface area contributed by atoms with Crippen LogP contribution in [0.5, 0.6) is 0 Å². The Morgan fingerprint density at radius 2 is 2.00 bits per heavy atom. The fraction of sp³-hybridized carbons (Fsp3) is 0.529. The molecule has 0 atom stereocenters. The average Bonchev–Trinajstić information content (AvgIpc) is 2.39. The molecule has 0 unspecified atom stereocenters. The van der Waals surface area contributed by atoms with Crippen molar-refractivity contribution in [1.29, 1.82) is 0 Å². The number of amides is 1. The average molecular weight is 304 g/mol. The standard InChI is InChI=1S/C17H24N2O3/c1-4-19(10-16(20)21)14-8-13(9-14)18-17(22)15-6-5-11(2)7-12(15)3/h5-7,13-14H,4,8-10H2,1-3H3,(H,18,22)(H,20,21). The molecule has 1 amide bonds. The zero-order chi connectivity index (χ0) is 16.3. The van der Waals surface area contributed by atoms with E-state index >= 15 is 0 Å². The number of nitrogens with zero attached hydrogens (tertiary/aromatic N) is 1. The van der Waals surface area contributed by atoms with Crippen LogP contribution in [0.2, 0.25) is 0 Å². The Hall–Kier alpha value is -1.88. The van der Waals surface area contributed by atoms with E-state index in [1.807, 2.05) is 43.9 Å². The molecule has 120 valence electrons. The SMILES string of the molecule is CCN(CC(=O)O)C1CC(NC(=O)c2ccc(C)cc2C)C1. The maximum Gasteiger partial charge on any atom is 0.317 e. The van der Waals surface area contributed by atoms with Crippen LogP contribution in [0.15, 0.2) is 18.2 Å².